The lowest BCUT2D eigenvalue weighted by atomic mass is 10.1. The topological polar surface area (TPSA) is 50.7 Å². The number of rotatable bonds is 4. The summed E-state index contributed by atoms with van der Waals surface area (Å²) in [5.74, 6) is 0.900. The third-order valence-corrected chi connectivity index (χ3v) is 5.89. The fraction of sp³-hybridized carbons (Fsp3) is 0.474. The fourth-order valence-electron chi connectivity index (χ4n) is 3.60. The first-order valence-electron chi connectivity index (χ1n) is 9.28. The van der Waals surface area contributed by atoms with Crippen LogP contribution in [0, 0.1) is 0 Å². The lowest BCUT2D eigenvalue weighted by Gasteiger charge is -2.43. The number of aromatic nitrogens is 2. The Kier molecular flexibility index (Phi) is 5.93. The molecule has 1 aromatic heterocycles. The number of ether oxygens (including phenoxy) is 2. The normalized spacial score (nSPS) is 20.4. The number of fused-ring (bicyclic) bond motifs is 1. The second-order valence-electron chi connectivity index (χ2n) is 6.98. The van der Waals surface area contributed by atoms with E-state index in [1.54, 1.807) is 6.07 Å². The van der Waals surface area contributed by atoms with Crippen molar-refractivity contribution in [1.29, 1.82) is 0 Å². The average molecular weight is 473 g/mol. The van der Waals surface area contributed by atoms with E-state index in [1.807, 2.05) is 0 Å². The summed E-state index contributed by atoms with van der Waals surface area (Å²) in [6, 6.07) is 4.28. The zero-order valence-corrected chi connectivity index (χ0v) is 17.1. The molecule has 0 saturated carbocycles. The molecule has 6 nitrogen and oxygen atoms in total. The molecule has 10 heteroatoms. The summed E-state index contributed by atoms with van der Waals surface area (Å²) in [7, 11) is 0. The Morgan fingerprint density at radius 2 is 1.97 bits per heavy atom. The summed E-state index contributed by atoms with van der Waals surface area (Å²) < 4.78 is 51.1. The predicted molar refractivity (Wildman–Crippen MR) is 104 cm³/mol. The minimum absolute atomic E-state index is 0.0393. The molecule has 2 aromatic rings. The van der Waals surface area contributed by atoms with Crippen LogP contribution in [0.3, 0.4) is 0 Å². The van der Waals surface area contributed by atoms with Crippen LogP contribution in [0.5, 0.6) is 5.75 Å². The summed E-state index contributed by atoms with van der Waals surface area (Å²) in [5, 5.41) is 0. The quantitative estimate of drug-likeness (QED) is 0.679. The summed E-state index contributed by atoms with van der Waals surface area (Å²) in [4.78, 5) is 13.2. The number of hydrogen-bond acceptors (Lipinski definition) is 6. The molecular formula is C19H20BrF3N4O2. The van der Waals surface area contributed by atoms with E-state index in [0.29, 0.717) is 28.8 Å². The molecule has 0 bridgehead atoms. The van der Waals surface area contributed by atoms with Crippen LogP contribution < -0.4 is 9.64 Å². The first kappa shape index (κ1) is 20.4. The molecule has 1 aromatic carbocycles. The Bertz CT molecular complexity index is 850. The summed E-state index contributed by atoms with van der Waals surface area (Å²) in [6.07, 6.45) is -1.46. The van der Waals surface area contributed by atoms with Crippen LogP contribution >= 0.6 is 15.9 Å². The second kappa shape index (κ2) is 8.45. The van der Waals surface area contributed by atoms with Crippen molar-refractivity contribution in [2.75, 3.05) is 44.3 Å². The Morgan fingerprint density at radius 1 is 1.17 bits per heavy atom. The highest BCUT2D eigenvalue weighted by molar-refractivity contribution is 9.10. The van der Waals surface area contributed by atoms with Gasteiger partial charge >= 0.3 is 6.18 Å². The fourth-order valence-corrected chi connectivity index (χ4v) is 4.08. The van der Waals surface area contributed by atoms with Gasteiger partial charge in [0.1, 0.15) is 6.61 Å². The maximum absolute atomic E-state index is 13.2. The molecule has 3 heterocycles. The first-order chi connectivity index (χ1) is 13.9. The highest BCUT2D eigenvalue weighted by Gasteiger charge is 2.34. The molecule has 1 atom stereocenters. The Balaban J connectivity index is 1.41. The van der Waals surface area contributed by atoms with E-state index in [-0.39, 0.29) is 12.2 Å². The average Bonchev–Trinajstić information content (AvgIpc) is 2.72. The van der Waals surface area contributed by atoms with Crippen LogP contribution in [-0.4, -0.2) is 60.3 Å². The molecular weight excluding hydrogens is 453 g/mol. The number of hydrogen-bond donors (Lipinski definition) is 0. The molecule has 29 heavy (non-hydrogen) atoms. The maximum atomic E-state index is 13.2. The Hall–Kier alpha value is -1.91. The monoisotopic (exact) mass is 472 g/mol. The third kappa shape index (κ3) is 4.65. The van der Waals surface area contributed by atoms with Gasteiger partial charge in [0, 0.05) is 36.2 Å². The number of nitrogens with zero attached hydrogens (tertiary/aromatic N) is 4. The van der Waals surface area contributed by atoms with Crippen molar-refractivity contribution in [2.24, 2.45) is 0 Å². The lowest BCUT2D eigenvalue weighted by Crippen LogP contribution is -2.58. The largest absolute Gasteiger partial charge is 0.486 e. The third-order valence-electron chi connectivity index (χ3n) is 5.14. The molecule has 0 radical (unpaired) electrons. The Morgan fingerprint density at radius 3 is 2.72 bits per heavy atom. The van der Waals surface area contributed by atoms with Crippen LogP contribution in [0.15, 0.2) is 35.1 Å². The lowest BCUT2D eigenvalue weighted by molar-refractivity contribution is -0.138. The van der Waals surface area contributed by atoms with Crippen LogP contribution in [0.25, 0.3) is 0 Å². The molecule has 2 fully saturated rings. The molecule has 4 rings (SSSR count). The molecule has 0 spiro atoms. The van der Waals surface area contributed by atoms with Gasteiger partial charge in [0.15, 0.2) is 5.75 Å². The van der Waals surface area contributed by atoms with Gasteiger partial charge in [0.2, 0.25) is 5.95 Å². The molecule has 156 valence electrons. The number of piperazine rings is 1. The van der Waals surface area contributed by atoms with Crippen LogP contribution in [0.1, 0.15) is 11.1 Å². The van der Waals surface area contributed by atoms with Gasteiger partial charge in [0.05, 0.1) is 37.2 Å². The van der Waals surface area contributed by atoms with E-state index in [2.05, 4.69) is 35.7 Å². The first-order valence-corrected chi connectivity index (χ1v) is 10.1. The van der Waals surface area contributed by atoms with Gasteiger partial charge in [-0.25, -0.2) is 9.97 Å². The van der Waals surface area contributed by atoms with E-state index >= 15 is 0 Å². The van der Waals surface area contributed by atoms with Crippen molar-refractivity contribution in [3.63, 3.8) is 0 Å². The van der Waals surface area contributed by atoms with Crippen molar-refractivity contribution in [1.82, 2.24) is 14.9 Å². The molecule has 0 amide bonds. The van der Waals surface area contributed by atoms with Crippen LogP contribution in [0.2, 0.25) is 0 Å². The molecule has 1 unspecified atom stereocenters. The smallest absolute Gasteiger partial charge is 0.416 e. The summed E-state index contributed by atoms with van der Waals surface area (Å²) in [5.41, 5.74) is -0.686. The molecule has 0 aliphatic carbocycles. The number of benzene rings is 1. The summed E-state index contributed by atoms with van der Waals surface area (Å²) in [6.45, 7) is 4.71. The SMILES string of the molecule is FC(F)(F)c1cccc(Br)c1COc1cnc(N2CCN3CCOCC3C2)nc1. The van der Waals surface area contributed by atoms with Gasteiger partial charge < -0.3 is 14.4 Å². The van der Waals surface area contributed by atoms with E-state index in [9.17, 15) is 13.2 Å². The van der Waals surface area contributed by atoms with Crippen molar-refractivity contribution in [3.05, 3.63) is 46.2 Å². The zero-order chi connectivity index (χ0) is 20.4. The second-order valence-corrected chi connectivity index (χ2v) is 7.84. The van der Waals surface area contributed by atoms with Gasteiger partial charge in [-0.05, 0) is 12.1 Å². The predicted octanol–water partition coefficient (Wildman–Crippen LogP) is 3.36. The minimum Gasteiger partial charge on any atom is -0.486 e. The number of morpholine rings is 1. The van der Waals surface area contributed by atoms with E-state index < -0.39 is 11.7 Å². The van der Waals surface area contributed by atoms with Gasteiger partial charge in [-0.3, -0.25) is 4.90 Å². The molecule has 2 saturated heterocycles. The molecule has 2 aliphatic heterocycles. The Labute approximate surface area is 174 Å². The van der Waals surface area contributed by atoms with Crippen molar-refractivity contribution in [3.8, 4) is 5.75 Å². The van der Waals surface area contributed by atoms with E-state index in [4.69, 9.17) is 9.47 Å². The number of alkyl halides is 3. The van der Waals surface area contributed by atoms with E-state index in [1.165, 1.54) is 18.5 Å². The van der Waals surface area contributed by atoms with Gasteiger partial charge in [-0.2, -0.15) is 13.2 Å². The number of halogens is 4. The van der Waals surface area contributed by atoms with Crippen molar-refractivity contribution >= 4 is 21.9 Å². The van der Waals surface area contributed by atoms with E-state index in [0.717, 1.165) is 38.9 Å². The maximum Gasteiger partial charge on any atom is 0.416 e. The standard InChI is InChI=1S/C19H20BrF3N4O2/c20-17-3-1-2-16(19(21,22)23)15(17)12-29-14-8-24-18(25-9-14)27-5-4-26-6-7-28-11-13(26)10-27/h1-3,8-9,13H,4-7,10-12H2. The van der Waals surface area contributed by atoms with Crippen molar-refractivity contribution < 1.29 is 22.6 Å². The number of anilines is 1. The zero-order valence-electron chi connectivity index (χ0n) is 15.5. The van der Waals surface area contributed by atoms with Gasteiger partial charge in [0.25, 0.3) is 0 Å². The van der Waals surface area contributed by atoms with Crippen LogP contribution in [0.4, 0.5) is 19.1 Å². The minimum atomic E-state index is -4.45. The highest BCUT2D eigenvalue weighted by atomic mass is 79.9. The summed E-state index contributed by atoms with van der Waals surface area (Å²) >= 11 is 3.17. The molecule has 0 N–H and O–H groups in total. The van der Waals surface area contributed by atoms with Gasteiger partial charge in [-0.1, -0.05) is 22.0 Å². The van der Waals surface area contributed by atoms with Gasteiger partial charge in [-0.15, -0.1) is 0 Å². The van der Waals surface area contributed by atoms with Crippen LogP contribution in [-0.2, 0) is 17.5 Å². The van der Waals surface area contributed by atoms with Crippen molar-refractivity contribution in [2.45, 2.75) is 18.8 Å². The highest BCUT2D eigenvalue weighted by Crippen LogP contribution is 2.35. The molecule has 2 aliphatic rings.